The van der Waals surface area contributed by atoms with Crippen molar-refractivity contribution in [2.24, 2.45) is 0 Å². The number of ether oxygens (including phenoxy) is 1. The van der Waals surface area contributed by atoms with Crippen LogP contribution in [0.25, 0.3) is 0 Å². The van der Waals surface area contributed by atoms with Gasteiger partial charge in [-0.25, -0.2) is 0 Å². The van der Waals surface area contributed by atoms with E-state index in [-0.39, 0.29) is 11.4 Å². The highest BCUT2D eigenvalue weighted by Crippen LogP contribution is 2.26. The molecule has 0 aliphatic heterocycles. The molecule has 0 bridgehead atoms. The zero-order valence-electron chi connectivity index (χ0n) is 15.4. The summed E-state index contributed by atoms with van der Waals surface area (Å²) in [7, 11) is 0. The van der Waals surface area contributed by atoms with Crippen LogP contribution in [0.15, 0.2) is 84.9 Å². The van der Waals surface area contributed by atoms with Crippen molar-refractivity contribution in [1.29, 1.82) is 0 Å². The van der Waals surface area contributed by atoms with Crippen molar-refractivity contribution in [2.45, 2.75) is 5.92 Å². The number of esters is 1. The van der Waals surface area contributed by atoms with Crippen molar-refractivity contribution in [3.63, 3.8) is 0 Å². The number of nitro benzene ring substituents is 1. The minimum Gasteiger partial charge on any atom is -0.455 e. The van der Waals surface area contributed by atoms with Gasteiger partial charge in [0.05, 0.1) is 4.92 Å². The lowest BCUT2D eigenvalue weighted by molar-refractivity contribution is -0.384. The van der Waals surface area contributed by atoms with E-state index >= 15 is 0 Å². The maximum Gasteiger partial charge on any atom is 0.318 e. The van der Waals surface area contributed by atoms with Gasteiger partial charge in [0.25, 0.3) is 11.6 Å². The number of hydrogen-bond acceptors (Lipinski definition) is 5. The third-order valence-electron chi connectivity index (χ3n) is 4.19. The summed E-state index contributed by atoms with van der Waals surface area (Å²) in [6.07, 6.45) is 0. The van der Waals surface area contributed by atoms with Gasteiger partial charge in [-0.15, -0.1) is 0 Å². The molecule has 3 rings (SSSR count). The first-order chi connectivity index (χ1) is 14.0. The molecule has 0 unspecified atom stereocenters. The Bertz CT molecular complexity index is 966. The molecule has 7 nitrogen and oxygen atoms in total. The van der Waals surface area contributed by atoms with Crippen molar-refractivity contribution in [3.05, 3.63) is 106 Å². The largest absolute Gasteiger partial charge is 0.455 e. The molecule has 0 aliphatic rings. The summed E-state index contributed by atoms with van der Waals surface area (Å²) >= 11 is 0. The molecular weight excluding hydrogens is 372 g/mol. The molecule has 0 atom stereocenters. The average Bonchev–Trinajstić information content (AvgIpc) is 2.74. The number of benzene rings is 3. The van der Waals surface area contributed by atoms with Gasteiger partial charge in [-0.05, 0) is 17.2 Å². The average molecular weight is 390 g/mol. The molecule has 0 heterocycles. The Morgan fingerprint density at radius 1 is 0.897 bits per heavy atom. The minimum absolute atomic E-state index is 0.145. The van der Waals surface area contributed by atoms with Crippen LogP contribution in [-0.4, -0.2) is 23.4 Å². The molecule has 1 amide bonds. The molecule has 7 heteroatoms. The minimum atomic E-state index is -0.664. The van der Waals surface area contributed by atoms with E-state index in [1.165, 1.54) is 24.3 Å². The standard InChI is InChI=1S/C22H18N2O5/c25-20(23-18-12-7-13-19(14-18)24(27)28)15-29-22(26)21(16-8-3-1-4-9-16)17-10-5-2-6-11-17/h1-14,21H,15H2,(H,23,25). The number of nitrogens with zero attached hydrogens (tertiary/aromatic N) is 1. The van der Waals surface area contributed by atoms with Gasteiger partial charge < -0.3 is 10.1 Å². The number of nitrogens with one attached hydrogen (secondary N) is 1. The number of rotatable bonds is 7. The van der Waals surface area contributed by atoms with E-state index < -0.39 is 29.3 Å². The Morgan fingerprint density at radius 2 is 1.48 bits per heavy atom. The fourth-order valence-electron chi connectivity index (χ4n) is 2.87. The highest BCUT2D eigenvalue weighted by molar-refractivity contribution is 5.93. The fraction of sp³-hybridized carbons (Fsp3) is 0.0909. The van der Waals surface area contributed by atoms with Crippen LogP contribution < -0.4 is 5.32 Å². The van der Waals surface area contributed by atoms with Crippen molar-refractivity contribution >= 4 is 23.3 Å². The highest BCUT2D eigenvalue weighted by atomic mass is 16.6. The van der Waals surface area contributed by atoms with Gasteiger partial charge in [0.2, 0.25) is 0 Å². The first-order valence-electron chi connectivity index (χ1n) is 8.85. The van der Waals surface area contributed by atoms with Crippen molar-refractivity contribution in [1.82, 2.24) is 0 Å². The Labute approximate surface area is 167 Å². The van der Waals surface area contributed by atoms with E-state index in [1.54, 1.807) is 0 Å². The molecule has 0 saturated carbocycles. The molecule has 3 aromatic carbocycles. The third-order valence-corrected chi connectivity index (χ3v) is 4.19. The second kappa shape index (κ2) is 9.27. The fourth-order valence-corrected chi connectivity index (χ4v) is 2.87. The smallest absolute Gasteiger partial charge is 0.318 e. The summed E-state index contributed by atoms with van der Waals surface area (Å²) in [5, 5.41) is 13.3. The number of nitro groups is 1. The second-order valence-corrected chi connectivity index (χ2v) is 6.22. The molecule has 0 fully saturated rings. The Hall–Kier alpha value is -4.00. The van der Waals surface area contributed by atoms with Crippen LogP contribution in [0.3, 0.4) is 0 Å². The van der Waals surface area contributed by atoms with Crippen LogP contribution in [0.4, 0.5) is 11.4 Å². The maximum absolute atomic E-state index is 12.8. The molecule has 29 heavy (non-hydrogen) atoms. The van der Waals surface area contributed by atoms with Gasteiger partial charge in [-0.1, -0.05) is 66.7 Å². The Morgan fingerprint density at radius 3 is 2.03 bits per heavy atom. The van der Waals surface area contributed by atoms with E-state index in [0.717, 1.165) is 11.1 Å². The molecule has 0 saturated heterocycles. The molecule has 1 N–H and O–H groups in total. The third kappa shape index (κ3) is 5.26. The lowest BCUT2D eigenvalue weighted by atomic mass is 9.91. The molecule has 146 valence electrons. The summed E-state index contributed by atoms with van der Waals surface area (Å²) in [5.41, 5.74) is 1.61. The molecule has 3 aromatic rings. The molecule has 0 spiro atoms. The van der Waals surface area contributed by atoms with E-state index in [2.05, 4.69) is 5.32 Å². The number of carbonyl (C=O) groups is 2. The molecular formula is C22H18N2O5. The first kappa shape index (κ1) is 19.8. The SMILES string of the molecule is O=C(COC(=O)C(c1ccccc1)c1ccccc1)Nc1cccc([N+](=O)[O-])c1. The monoisotopic (exact) mass is 390 g/mol. The predicted molar refractivity (Wildman–Crippen MR) is 107 cm³/mol. The summed E-state index contributed by atoms with van der Waals surface area (Å²) in [6.45, 7) is -0.502. The van der Waals surface area contributed by atoms with Crippen molar-refractivity contribution < 1.29 is 19.2 Å². The van der Waals surface area contributed by atoms with E-state index in [9.17, 15) is 19.7 Å². The van der Waals surface area contributed by atoms with E-state index in [4.69, 9.17) is 4.74 Å². The number of anilines is 1. The number of non-ortho nitro benzene ring substituents is 1. The van der Waals surface area contributed by atoms with Gasteiger partial charge >= 0.3 is 5.97 Å². The van der Waals surface area contributed by atoms with E-state index in [0.29, 0.717) is 0 Å². The molecule has 0 aliphatic carbocycles. The maximum atomic E-state index is 12.8. The Balaban J connectivity index is 1.68. The zero-order chi connectivity index (χ0) is 20.6. The summed E-state index contributed by atoms with van der Waals surface area (Å²) in [5.74, 6) is -1.81. The van der Waals surface area contributed by atoms with Crippen molar-refractivity contribution in [2.75, 3.05) is 11.9 Å². The highest BCUT2D eigenvalue weighted by Gasteiger charge is 2.24. The predicted octanol–water partition coefficient (Wildman–Crippen LogP) is 3.91. The van der Waals surface area contributed by atoms with Crippen LogP contribution in [0.2, 0.25) is 0 Å². The lowest BCUT2D eigenvalue weighted by Gasteiger charge is -2.17. The summed E-state index contributed by atoms with van der Waals surface area (Å²) < 4.78 is 5.24. The van der Waals surface area contributed by atoms with E-state index in [1.807, 2.05) is 60.7 Å². The van der Waals surface area contributed by atoms with Crippen molar-refractivity contribution in [3.8, 4) is 0 Å². The van der Waals surface area contributed by atoms with Crippen LogP contribution >= 0.6 is 0 Å². The van der Waals surface area contributed by atoms with Gasteiger partial charge in [-0.2, -0.15) is 0 Å². The normalized spacial score (nSPS) is 10.4. The zero-order valence-corrected chi connectivity index (χ0v) is 15.4. The van der Waals surface area contributed by atoms with Crippen LogP contribution in [0.1, 0.15) is 17.0 Å². The molecule has 0 radical (unpaired) electrons. The van der Waals surface area contributed by atoms with Crippen LogP contribution in [0.5, 0.6) is 0 Å². The number of amides is 1. The van der Waals surface area contributed by atoms with Gasteiger partial charge in [-0.3, -0.25) is 19.7 Å². The van der Waals surface area contributed by atoms with Crippen LogP contribution in [0, 0.1) is 10.1 Å². The Kier molecular flexibility index (Phi) is 6.32. The first-order valence-corrected chi connectivity index (χ1v) is 8.85. The topological polar surface area (TPSA) is 98.5 Å². The summed E-state index contributed by atoms with van der Waals surface area (Å²) in [4.78, 5) is 35.2. The quantitative estimate of drug-likeness (QED) is 0.375. The van der Waals surface area contributed by atoms with Crippen LogP contribution in [-0.2, 0) is 14.3 Å². The molecule has 0 aromatic heterocycles. The van der Waals surface area contributed by atoms with Gasteiger partial charge in [0, 0.05) is 17.8 Å². The van der Waals surface area contributed by atoms with Gasteiger partial charge in [0.15, 0.2) is 6.61 Å². The van der Waals surface area contributed by atoms with Gasteiger partial charge in [0.1, 0.15) is 5.92 Å². The second-order valence-electron chi connectivity index (χ2n) is 6.22. The summed E-state index contributed by atoms with van der Waals surface area (Å²) in [6, 6.07) is 23.8. The number of hydrogen-bond donors (Lipinski definition) is 1. The lowest BCUT2D eigenvalue weighted by Crippen LogP contribution is -2.24. The number of carbonyl (C=O) groups excluding carboxylic acids is 2.